The van der Waals surface area contributed by atoms with Crippen LogP contribution in [0.4, 0.5) is 0 Å². The molecule has 8 heteroatoms. The third kappa shape index (κ3) is 3.71. The first-order valence-corrected chi connectivity index (χ1v) is 8.63. The second-order valence-electron chi connectivity index (χ2n) is 6.33. The molecular weight excluding hydrogens is 336 g/mol. The highest BCUT2D eigenvalue weighted by Gasteiger charge is 2.40. The minimum atomic E-state index is -0.810. The Morgan fingerprint density at radius 3 is 2.81 bits per heavy atom. The van der Waals surface area contributed by atoms with Crippen molar-refractivity contribution >= 4 is 5.91 Å². The summed E-state index contributed by atoms with van der Waals surface area (Å²) in [5.74, 6) is 1.35. The fraction of sp³-hybridized carbons (Fsp3) is 0.500. The molecule has 26 heavy (non-hydrogen) atoms. The van der Waals surface area contributed by atoms with Crippen LogP contribution in [0.2, 0.25) is 0 Å². The molecule has 1 aliphatic heterocycles. The molecule has 0 saturated carbocycles. The van der Waals surface area contributed by atoms with Crippen LogP contribution in [0.15, 0.2) is 28.8 Å². The van der Waals surface area contributed by atoms with E-state index < -0.39 is 11.6 Å². The summed E-state index contributed by atoms with van der Waals surface area (Å²) in [5.41, 5.74) is -0.0283. The highest BCUT2D eigenvalue weighted by molar-refractivity contribution is 5.85. The molecule has 1 aromatic carbocycles. The number of hydrogen-bond acceptors (Lipinski definition) is 7. The molecule has 2 aromatic rings. The Balaban J connectivity index is 1.71. The highest BCUT2D eigenvalue weighted by Crippen LogP contribution is 2.25. The Morgan fingerprint density at radius 1 is 1.35 bits per heavy atom. The van der Waals surface area contributed by atoms with Crippen LogP contribution in [0, 0.1) is 0 Å². The largest absolute Gasteiger partial charge is 0.497 e. The highest BCUT2D eigenvalue weighted by atomic mass is 16.5. The molecule has 0 spiro atoms. The second kappa shape index (κ2) is 7.84. The van der Waals surface area contributed by atoms with E-state index in [9.17, 15) is 4.79 Å². The quantitative estimate of drug-likeness (QED) is 0.809. The van der Waals surface area contributed by atoms with Crippen LogP contribution < -0.4 is 15.4 Å². The fourth-order valence-corrected chi connectivity index (χ4v) is 3.03. The molecule has 3 rings (SSSR count). The van der Waals surface area contributed by atoms with E-state index in [0.29, 0.717) is 30.3 Å². The minimum absolute atomic E-state index is 0.157. The van der Waals surface area contributed by atoms with Gasteiger partial charge in [-0.3, -0.25) is 4.79 Å². The summed E-state index contributed by atoms with van der Waals surface area (Å²) in [6.07, 6.45) is 1.25. The lowest BCUT2D eigenvalue weighted by Crippen LogP contribution is -2.54. The average molecular weight is 360 g/mol. The van der Waals surface area contributed by atoms with Gasteiger partial charge in [0.15, 0.2) is 0 Å². The molecular formula is C18H24N4O4. The van der Waals surface area contributed by atoms with Gasteiger partial charge >= 0.3 is 0 Å². The number of rotatable bonds is 6. The van der Waals surface area contributed by atoms with E-state index >= 15 is 0 Å². The predicted octanol–water partition coefficient (Wildman–Crippen LogP) is 1.69. The van der Waals surface area contributed by atoms with Crippen molar-refractivity contribution in [3.05, 3.63) is 30.2 Å². The maximum Gasteiger partial charge on any atom is 0.252 e. The number of ether oxygens (including phenoxy) is 2. The molecule has 0 aliphatic carbocycles. The molecule has 8 nitrogen and oxygen atoms in total. The number of carbonyl (C=O) groups excluding carboxylic acids is 1. The summed E-state index contributed by atoms with van der Waals surface area (Å²) >= 11 is 0. The zero-order valence-electron chi connectivity index (χ0n) is 15.2. The normalized spacial score (nSPS) is 17.5. The number of amides is 1. The molecule has 0 bridgehead atoms. The van der Waals surface area contributed by atoms with Crippen molar-refractivity contribution in [1.29, 1.82) is 0 Å². The first kappa shape index (κ1) is 18.3. The summed E-state index contributed by atoms with van der Waals surface area (Å²) in [6, 6.07) is 6.98. The summed E-state index contributed by atoms with van der Waals surface area (Å²) in [7, 11) is 3.17. The number of aromatic nitrogens is 2. The zero-order chi connectivity index (χ0) is 18.6. The molecule has 140 valence electrons. The van der Waals surface area contributed by atoms with Crippen molar-refractivity contribution in [2.45, 2.75) is 31.4 Å². The molecule has 0 radical (unpaired) electrons. The van der Waals surface area contributed by atoms with Gasteiger partial charge in [0, 0.05) is 12.7 Å². The average Bonchev–Trinajstić information content (AvgIpc) is 3.19. The van der Waals surface area contributed by atoms with Crippen molar-refractivity contribution in [2.24, 2.45) is 0 Å². The fourth-order valence-electron chi connectivity index (χ4n) is 3.03. The van der Waals surface area contributed by atoms with Gasteiger partial charge in [0.25, 0.3) is 5.91 Å². The second-order valence-corrected chi connectivity index (χ2v) is 6.33. The predicted molar refractivity (Wildman–Crippen MR) is 94.7 cm³/mol. The van der Waals surface area contributed by atoms with Crippen molar-refractivity contribution in [3.63, 3.8) is 0 Å². The first-order valence-electron chi connectivity index (χ1n) is 8.63. The van der Waals surface area contributed by atoms with Gasteiger partial charge in [-0.05, 0) is 45.0 Å². The van der Waals surface area contributed by atoms with E-state index in [1.54, 1.807) is 14.2 Å². The Kier molecular flexibility index (Phi) is 5.53. The topological polar surface area (TPSA) is 98.5 Å². The minimum Gasteiger partial charge on any atom is -0.497 e. The molecule has 1 atom stereocenters. The SMILES string of the molecule is COc1cccc(-c2noc(C(C)NC(=O)C3(OC)CCNCC3)n2)c1. The molecule has 2 heterocycles. The molecule has 1 fully saturated rings. The third-order valence-electron chi connectivity index (χ3n) is 4.70. The molecule has 1 saturated heterocycles. The summed E-state index contributed by atoms with van der Waals surface area (Å²) in [4.78, 5) is 17.1. The summed E-state index contributed by atoms with van der Waals surface area (Å²) in [6.45, 7) is 3.30. The van der Waals surface area contributed by atoms with Crippen LogP contribution in [-0.4, -0.2) is 49.0 Å². The third-order valence-corrected chi connectivity index (χ3v) is 4.70. The Hall–Kier alpha value is -2.45. The number of nitrogens with zero attached hydrogens (tertiary/aromatic N) is 2. The maximum atomic E-state index is 12.7. The number of nitrogens with one attached hydrogen (secondary N) is 2. The standard InChI is InChI=1S/C18H24N4O4/c1-12(20-17(23)18(25-3)7-9-19-10-8-18)16-21-15(22-26-16)13-5-4-6-14(11-13)24-2/h4-6,11-12,19H,7-10H2,1-3H3,(H,20,23). The number of carbonyl (C=O) groups is 1. The first-order chi connectivity index (χ1) is 12.6. The van der Waals surface area contributed by atoms with E-state index in [0.717, 1.165) is 18.7 Å². The van der Waals surface area contributed by atoms with E-state index in [2.05, 4.69) is 20.8 Å². The molecule has 2 N–H and O–H groups in total. The van der Waals surface area contributed by atoms with Gasteiger partial charge in [0.05, 0.1) is 7.11 Å². The number of benzene rings is 1. The Morgan fingerprint density at radius 2 is 2.12 bits per heavy atom. The van der Waals surface area contributed by atoms with Crippen LogP contribution >= 0.6 is 0 Å². The molecule has 1 aliphatic rings. The van der Waals surface area contributed by atoms with Crippen LogP contribution in [0.5, 0.6) is 5.75 Å². The van der Waals surface area contributed by atoms with Gasteiger partial charge in [-0.25, -0.2) is 0 Å². The lowest BCUT2D eigenvalue weighted by molar-refractivity contribution is -0.147. The van der Waals surface area contributed by atoms with Crippen LogP contribution in [0.25, 0.3) is 11.4 Å². The van der Waals surface area contributed by atoms with E-state index in [1.807, 2.05) is 31.2 Å². The number of hydrogen-bond donors (Lipinski definition) is 2. The summed E-state index contributed by atoms with van der Waals surface area (Å²) < 4.78 is 16.1. The molecule has 1 unspecified atom stereocenters. The van der Waals surface area contributed by atoms with Crippen LogP contribution in [-0.2, 0) is 9.53 Å². The summed E-state index contributed by atoms with van der Waals surface area (Å²) in [5, 5.41) is 10.2. The smallest absolute Gasteiger partial charge is 0.252 e. The Bertz CT molecular complexity index is 755. The van der Waals surface area contributed by atoms with Gasteiger partial charge in [-0.15, -0.1) is 0 Å². The van der Waals surface area contributed by atoms with Gasteiger partial charge in [-0.1, -0.05) is 17.3 Å². The van der Waals surface area contributed by atoms with Gasteiger partial charge in [0.2, 0.25) is 11.7 Å². The van der Waals surface area contributed by atoms with Crippen molar-refractivity contribution in [1.82, 2.24) is 20.8 Å². The number of methoxy groups -OCH3 is 2. The monoisotopic (exact) mass is 360 g/mol. The van der Waals surface area contributed by atoms with Crippen molar-refractivity contribution in [2.75, 3.05) is 27.3 Å². The van der Waals surface area contributed by atoms with Gasteiger partial charge < -0.3 is 24.6 Å². The van der Waals surface area contributed by atoms with Gasteiger partial charge in [0.1, 0.15) is 17.4 Å². The van der Waals surface area contributed by atoms with Crippen LogP contribution in [0.1, 0.15) is 31.7 Å². The van der Waals surface area contributed by atoms with E-state index in [-0.39, 0.29) is 5.91 Å². The van der Waals surface area contributed by atoms with Crippen LogP contribution in [0.3, 0.4) is 0 Å². The van der Waals surface area contributed by atoms with E-state index in [1.165, 1.54) is 0 Å². The molecule has 1 amide bonds. The number of piperidine rings is 1. The van der Waals surface area contributed by atoms with Crippen molar-refractivity contribution < 1.29 is 18.8 Å². The van der Waals surface area contributed by atoms with E-state index in [4.69, 9.17) is 14.0 Å². The maximum absolute atomic E-state index is 12.7. The zero-order valence-corrected chi connectivity index (χ0v) is 15.2. The van der Waals surface area contributed by atoms with Crippen molar-refractivity contribution in [3.8, 4) is 17.1 Å². The van der Waals surface area contributed by atoms with Gasteiger partial charge in [-0.2, -0.15) is 4.98 Å². The molecule has 1 aromatic heterocycles. The lowest BCUT2D eigenvalue weighted by atomic mass is 9.91. The Labute approximate surface area is 152 Å². The lowest BCUT2D eigenvalue weighted by Gasteiger charge is -2.35.